The predicted octanol–water partition coefficient (Wildman–Crippen LogP) is 2.74. The molecule has 0 saturated heterocycles. The Hall–Kier alpha value is -1.29. The molecule has 0 bridgehead atoms. The standard InChI is InChI=1S/C12H14O3S/c1-3-10(13)8-6-5-7-9(11(8)16)12(14)15-4-2/h5-7,16H,3-4H2,1-2H3. The summed E-state index contributed by atoms with van der Waals surface area (Å²) in [6.45, 7) is 3.81. The minimum absolute atomic E-state index is 0.0313. The van der Waals surface area contributed by atoms with E-state index in [4.69, 9.17) is 4.74 Å². The molecule has 1 rings (SSSR count). The molecule has 0 saturated carbocycles. The summed E-state index contributed by atoms with van der Waals surface area (Å²) in [6.07, 6.45) is 0.389. The van der Waals surface area contributed by atoms with E-state index in [0.717, 1.165) is 0 Å². The monoisotopic (exact) mass is 238 g/mol. The van der Waals surface area contributed by atoms with Crippen molar-refractivity contribution in [1.82, 2.24) is 0 Å². The van der Waals surface area contributed by atoms with Crippen molar-refractivity contribution >= 4 is 24.4 Å². The largest absolute Gasteiger partial charge is 0.462 e. The Balaban J connectivity index is 3.13. The molecular weight excluding hydrogens is 224 g/mol. The average Bonchev–Trinajstić information content (AvgIpc) is 2.28. The summed E-state index contributed by atoms with van der Waals surface area (Å²) in [6, 6.07) is 4.93. The van der Waals surface area contributed by atoms with Crippen molar-refractivity contribution in [3.05, 3.63) is 29.3 Å². The summed E-state index contributed by atoms with van der Waals surface area (Å²) in [5.41, 5.74) is 0.806. The number of benzene rings is 1. The van der Waals surface area contributed by atoms with Crippen LogP contribution in [0.4, 0.5) is 0 Å². The van der Waals surface area contributed by atoms with Crippen LogP contribution >= 0.6 is 12.6 Å². The lowest BCUT2D eigenvalue weighted by Crippen LogP contribution is -2.08. The number of hydrogen-bond donors (Lipinski definition) is 1. The molecule has 0 heterocycles. The third kappa shape index (κ3) is 2.64. The fourth-order valence-corrected chi connectivity index (χ4v) is 1.70. The molecule has 0 aliphatic carbocycles. The van der Waals surface area contributed by atoms with Crippen molar-refractivity contribution in [2.75, 3.05) is 6.61 Å². The Morgan fingerprint density at radius 1 is 1.25 bits per heavy atom. The lowest BCUT2D eigenvalue weighted by Gasteiger charge is -2.08. The van der Waals surface area contributed by atoms with Crippen LogP contribution in [0.5, 0.6) is 0 Å². The maximum atomic E-state index is 11.6. The maximum Gasteiger partial charge on any atom is 0.339 e. The summed E-state index contributed by atoms with van der Waals surface area (Å²) >= 11 is 4.22. The van der Waals surface area contributed by atoms with Gasteiger partial charge < -0.3 is 4.74 Å². The van der Waals surface area contributed by atoms with Crippen LogP contribution in [0.15, 0.2) is 23.1 Å². The third-order valence-electron chi connectivity index (χ3n) is 2.15. The van der Waals surface area contributed by atoms with Gasteiger partial charge >= 0.3 is 5.97 Å². The quantitative estimate of drug-likeness (QED) is 0.498. The highest BCUT2D eigenvalue weighted by Gasteiger charge is 2.16. The Morgan fingerprint density at radius 3 is 2.44 bits per heavy atom. The molecule has 0 amide bonds. The molecule has 0 N–H and O–H groups in total. The second-order valence-corrected chi connectivity index (χ2v) is 3.65. The number of ether oxygens (including phenoxy) is 1. The highest BCUT2D eigenvalue weighted by atomic mass is 32.1. The van der Waals surface area contributed by atoms with Gasteiger partial charge in [-0.2, -0.15) is 0 Å². The first-order valence-electron chi connectivity index (χ1n) is 5.14. The summed E-state index contributed by atoms with van der Waals surface area (Å²) in [5.74, 6) is -0.477. The first kappa shape index (κ1) is 12.8. The molecule has 0 aromatic heterocycles. The molecule has 0 fully saturated rings. The number of ketones is 1. The minimum atomic E-state index is -0.446. The molecular formula is C12H14O3S. The van der Waals surface area contributed by atoms with Gasteiger partial charge in [0.25, 0.3) is 0 Å². The van der Waals surface area contributed by atoms with Crippen molar-refractivity contribution in [1.29, 1.82) is 0 Å². The van der Waals surface area contributed by atoms with Gasteiger partial charge in [0.05, 0.1) is 12.2 Å². The first-order valence-corrected chi connectivity index (χ1v) is 5.58. The average molecular weight is 238 g/mol. The van der Waals surface area contributed by atoms with Gasteiger partial charge in [0.1, 0.15) is 0 Å². The predicted molar refractivity (Wildman–Crippen MR) is 64.3 cm³/mol. The zero-order chi connectivity index (χ0) is 12.1. The van der Waals surface area contributed by atoms with Gasteiger partial charge in [-0.1, -0.05) is 19.1 Å². The number of carbonyl (C=O) groups excluding carboxylic acids is 2. The van der Waals surface area contributed by atoms with Crippen LogP contribution in [-0.4, -0.2) is 18.4 Å². The van der Waals surface area contributed by atoms with E-state index >= 15 is 0 Å². The Labute approximate surface area is 100 Å². The highest BCUT2D eigenvalue weighted by molar-refractivity contribution is 7.80. The molecule has 0 spiro atoms. The van der Waals surface area contributed by atoms with E-state index in [1.54, 1.807) is 32.0 Å². The van der Waals surface area contributed by atoms with E-state index in [9.17, 15) is 9.59 Å². The van der Waals surface area contributed by atoms with Crippen LogP contribution in [0.2, 0.25) is 0 Å². The van der Waals surface area contributed by atoms with Crippen molar-refractivity contribution in [3.63, 3.8) is 0 Å². The van der Waals surface area contributed by atoms with Crippen LogP contribution < -0.4 is 0 Å². The van der Waals surface area contributed by atoms with Crippen molar-refractivity contribution < 1.29 is 14.3 Å². The third-order valence-corrected chi connectivity index (χ3v) is 2.63. The van der Waals surface area contributed by atoms with Crippen molar-refractivity contribution in [3.8, 4) is 0 Å². The van der Waals surface area contributed by atoms with Gasteiger partial charge in [-0.25, -0.2) is 4.79 Å². The van der Waals surface area contributed by atoms with E-state index in [-0.39, 0.29) is 5.78 Å². The van der Waals surface area contributed by atoms with Crippen LogP contribution in [-0.2, 0) is 4.74 Å². The summed E-state index contributed by atoms with van der Waals surface area (Å²) in [4.78, 5) is 23.5. The Bertz CT molecular complexity index is 413. The smallest absolute Gasteiger partial charge is 0.339 e. The molecule has 1 aromatic carbocycles. The van der Waals surface area contributed by atoms with Gasteiger partial charge in [-0.15, -0.1) is 12.6 Å². The topological polar surface area (TPSA) is 43.4 Å². The molecule has 1 aromatic rings. The van der Waals surface area contributed by atoms with E-state index in [0.29, 0.717) is 29.1 Å². The van der Waals surface area contributed by atoms with E-state index in [1.165, 1.54) is 0 Å². The van der Waals surface area contributed by atoms with Gasteiger partial charge in [0.15, 0.2) is 5.78 Å². The normalized spacial score (nSPS) is 9.94. The fraction of sp³-hybridized carbons (Fsp3) is 0.333. The van der Waals surface area contributed by atoms with Gasteiger partial charge in [0, 0.05) is 16.9 Å². The molecule has 86 valence electrons. The number of Topliss-reactive ketones (excluding diaryl/α,β-unsaturated/α-hetero) is 1. The lowest BCUT2D eigenvalue weighted by molar-refractivity contribution is 0.0522. The van der Waals surface area contributed by atoms with Crippen LogP contribution in [0.1, 0.15) is 41.0 Å². The number of carbonyl (C=O) groups is 2. The van der Waals surface area contributed by atoms with Gasteiger partial charge in [0.2, 0.25) is 0 Å². The number of thiol groups is 1. The van der Waals surface area contributed by atoms with E-state index in [1.807, 2.05) is 0 Å². The SMILES string of the molecule is CCOC(=O)c1cccc(C(=O)CC)c1S. The summed E-state index contributed by atoms with van der Waals surface area (Å²) < 4.78 is 4.88. The molecule has 0 radical (unpaired) electrons. The summed E-state index contributed by atoms with van der Waals surface area (Å²) in [5, 5.41) is 0. The zero-order valence-electron chi connectivity index (χ0n) is 9.32. The second-order valence-electron chi connectivity index (χ2n) is 3.20. The minimum Gasteiger partial charge on any atom is -0.462 e. The van der Waals surface area contributed by atoms with Crippen molar-refractivity contribution in [2.24, 2.45) is 0 Å². The van der Waals surface area contributed by atoms with E-state index < -0.39 is 5.97 Å². The van der Waals surface area contributed by atoms with E-state index in [2.05, 4.69) is 12.6 Å². The molecule has 4 heteroatoms. The van der Waals surface area contributed by atoms with Crippen LogP contribution in [0, 0.1) is 0 Å². The number of esters is 1. The highest BCUT2D eigenvalue weighted by Crippen LogP contribution is 2.21. The van der Waals surface area contributed by atoms with Gasteiger partial charge in [-0.3, -0.25) is 4.79 Å². The number of rotatable bonds is 4. The molecule has 16 heavy (non-hydrogen) atoms. The molecule has 0 atom stereocenters. The van der Waals surface area contributed by atoms with Crippen LogP contribution in [0.3, 0.4) is 0 Å². The summed E-state index contributed by atoms with van der Waals surface area (Å²) in [7, 11) is 0. The Morgan fingerprint density at radius 2 is 1.88 bits per heavy atom. The molecule has 0 aliphatic heterocycles. The Kier molecular flexibility index (Phi) is 4.55. The fourth-order valence-electron chi connectivity index (χ4n) is 1.33. The first-order chi connectivity index (χ1) is 7.61. The second kappa shape index (κ2) is 5.70. The van der Waals surface area contributed by atoms with Crippen molar-refractivity contribution in [2.45, 2.75) is 25.2 Å². The van der Waals surface area contributed by atoms with Crippen LogP contribution in [0.25, 0.3) is 0 Å². The zero-order valence-corrected chi connectivity index (χ0v) is 10.2. The maximum absolute atomic E-state index is 11.6. The molecule has 0 aliphatic rings. The molecule has 3 nitrogen and oxygen atoms in total. The number of hydrogen-bond acceptors (Lipinski definition) is 4. The lowest BCUT2D eigenvalue weighted by atomic mass is 10.1. The molecule has 0 unspecified atom stereocenters. The van der Waals surface area contributed by atoms with Gasteiger partial charge in [-0.05, 0) is 13.0 Å².